The number of methoxy groups -OCH3 is 2. The largest absolute Gasteiger partial charge is 0.497 e. The second-order valence-electron chi connectivity index (χ2n) is 6.98. The van der Waals surface area contributed by atoms with Gasteiger partial charge >= 0.3 is 0 Å². The van der Waals surface area contributed by atoms with Crippen molar-refractivity contribution in [2.45, 2.75) is 12.5 Å². The highest BCUT2D eigenvalue weighted by Crippen LogP contribution is 2.39. The zero-order chi connectivity index (χ0) is 20.2. The highest BCUT2D eigenvalue weighted by Gasteiger charge is 2.36. The van der Waals surface area contributed by atoms with E-state index in [4.69, 9.17) is 19.3 Å². The summed E-state index contributed by atoms with van der Waals surface area (Å²) >= 11 is 1.63. The summed E-state index contributed by atoms with van der Waals surface area (Å²) in [6.45, 7) is 3.16. The number of rotatable bonds is 6. The van der Waals surface area contributed by atoms with E-state index in [-0.39, 0.29) is 11.9 Å². The molecular weight excluding hydrogens is 390 g/mol. The smallest absolute Gasteiger partial charge is 0.257 e. The van der Waals surface area contributed by atoms with Crippen molar-refractivity contribution in [3.63, 3.8) is 0 Å². The van der Waals surface area contributed by atoms with Crippen molar-refractivity contribution < 1.29 is 19.0 Å². The summed E-state index contributed by atoms with van der Waals surface area (Å²) in [4.78, 5) is 16.4. The van der Waals surface area contributed by atoms with Crippen LogP contribution in [0.2, 0.25) is 0 Å². The lowest BCUT2D eigenvalue weighted by Crippen LogP contribution is -2.43. The van der Waals surface area contributed by atoms with Crippen LogP contribution in [0.1, 0.15) is 22.9 Å². The van der Waals surface area contributed by atoms with Gasteiger partial charge in [-0.25, -0.2) is 5.01 Å². The van der Waals surface area contributed by atoms with Crippen LogP contribution in [0, 0.1) is 0 Å². The summed E-state index contributed by atoms with van der Waals surface area (Å²) in [5, 5.41) is 8.39. The minimum absolute atomic E-state index is 0.0201. The Morgan fingerprint density at radius 1 is 1.24 bits per heavy atom. The number of ether oxygens (including phenoxy) is 3. The predicted molar refractivity (Wildman–Crippen MR) is 112 cm³/mol. The van der Waals surface area contributed by atoms with E-state index in [9.17, 15) is 4.79 Å². The van der Waals surface area contributed by atoms with Crippen molar-refractivity contribution >= 4 is 23.0 Å². The summed E-state index contributed by atoms with van der Waals surface area (Å²) in [5.74, 6) is 1.43. The maximum Gasteiger partial charge on any atom is 0.257 e. The summed E-state index contributed by atoms with van der Waals surface area (Å²) in [6.07, 6.45) is 0.638. The second-order valence-corrected chi connectivity index (χ2v) is 7.93. The fourth-order valence-electron chi connectivity index (χ4n) is 3.70. The molecule has 1 aromatic heterocycles. The lowest BCUT2D eigenvalue weighted by Gasteiger charge is -2.29. The first-order chi connectivity index (χ1) is 14.2. The molecule has 0 radical (unpaired) electrons. The Morgan fingerprint density at radius 2 is 2.07 bits per heavy atom. The number of carbonyl (C=O) groups is 1. The van der Waals surface area contributed by atoms with Gasteiger partial charge in [-0.05, 0) is 29.6 Å². The quantitative estimate of drug-likeness (QED) is 0.726. The molecule has 4 rings (SSSR count). The summed E-state index contributed by atoms with van der Waals surface area (Å²) < 4.78 is 16.4. The zero-order valence-corrected chi connectivity index (χ0v) is 17.5. The van der Waals surface area contributed by atoms with Crippen LogP contribution in [-0.4, -0.2) is 68.6 Å². The van der Waals surface area contributed by atoms with E-state index in [1.54, 1.807) is 30.6 Å². The second kappa shape index (κ2) is 8.94. The van der Waals surface area contributed by atoms with E-state index < -0.39 is 0 Å². The van der Waals surface area contributed by atoms with Crippen LogP contribution in [0.25, 0.3) is 0 Å². The van der Waals surface area contributed by atoms with E-state index in [1.165, 1.54) is 0 Å². The molecule has 0 spiro atoms. The molecule has 1 saturated heterocycles. The maximum atomic E-state index is 13.2. The standard InChI is InChI=1S/C21H25N3O4S/c1-26-15-5-6-19(27-2)16(12-15)18-13-17(20-4-3-11-29-20)22-24(18)21(25)14-23-7-9-28-10-8-23/h3-6,11-12,18H,7-10,13-14H2,1-2H3. The van der Waals surface area contributed by atoms with E-state index in [1.807, 2.05) is 35.7 Å². The van der Waals surface area contributed by atoms with Gasteiger partial charge in [0.2, 0.25) is 0 Å². The molecule has 0 N–H and O–H groups in total. The van der Waals surface area contributed by atoms with Gasteiger partial charge in [0, 0.05) is 25.1 Å². The number of benzene rings is 1. The maximum absolute atomic E-state index is 13.2. The van der Waals surface area contributed by atoms with Crippen molar-refractivity contribution in [3.8, 4) is 11.5 Å². The molecule has 7 nitrogen and oxygen atoms in total. The van der Waals surface area contributed by atoms with Crippen molar-refractivity contribution in [2.24, 2.45) is 5.10 Å². The average Bonchev–Trinajstić information content (AvgIpc) is 3.44. The molecule has 1 amide bonds. The third kappa shape index (κ3) is 4.29. The first kappa shape index (κ1) is 19.9. The molecule has 8 heteroatoms. The average molecular weight is 416 g/mol. The Balaban J connectivity index is 1.65. The van der Waals surface area contributed by atoms with Crippen LogP contribution < -0.4 is 9.47 Å². The normalized spacial score (nSPS) is 19.9. The van der Waals surface area contributed by atoms with Gasteiger partial charge in [0.1, 0.15) is 11.5 Å². The number of carbonyl (C=O) groups excluding carboxylic acids is 1. The zero-order valence-electron chi connectivity index (χ0n) is 16.7. The Hall–Kier alpha value is -2.42. The van der Waals surface area contributed by atoms with Gasteiger partial charge in [0.05, 0.1) is 50.6 Å². The van der Waals surface area contributed by atoms with Crippen LogP contribution in [0.4, 0.5) is 0 Å². The van der Waals surface area contributed by atoms with Crippen LogP contribution >= 0.6 is 11.3 Å². The molecule has 0 saturated carbocycles. The fourth-order valence-corrected chi connectivity index (χ4v) is 4.42. The Bertz CT molecular complexity index is 878. The van der Waals surface area contributed by atoms with Crippen LogP contribution in [0.3, 0.4) is 0 Å². The summed E-state index contributed by atoms with van der Waals surface area (Å²) in [7, 11) is 3.27. The highest BCUT2D eigenvalue weighted by molar-refractivity contribution is 7.12. The van der Waals surface area contributed by atoms with Crippen molar-refractivity contribution in [1.29, 1.82) is 0 Å². The minimum Gasteiger partial charge on any atom is -0.497 e. The molecule has 1 atom stereocenters. The summed E-state index contributed by atoms with van der Waals surface area (Å²) in [5.41, 5.74) is 1.82. The van der Waals surface area contributed by atoms with E-state index in [0.29, 0.717) is 26.2 Å². The molecule has 1 fully saturated rings. The Labute approximate surface area is 174 Å². The van der Waals surface area contributed by atoms with Crippen LogP contribution in [0.5, 0.6) is 11.5 Å². The first-order valence-electron chi connectivity index (χ1n) is 9.65. The van der Waals surface area contributed by atoms with Gasteiger partial charge < -0.3 is 14.2 Å². The van der Waals surface area contributed by atoms with Crippen molar-refractivity contribution in [2.75, 3.05) is 47.1 Å². The van der Waals surface area contributed by atoms with Gasteiger partial charge in [-0.1, -0.05) is 6.07 Å². The number of morpholine rings is 1. The van der Waals surface area contributed by atoms with E-state index >= 15 is 0 Å². The topological polar surface area (TPSA) is 63.6 Å². The molecular formula is C21H25N3O4S. The third-order valence-electron chi connectivity index (χ3n) is 5.23. The number of hydrogen-bond acceptors (Lipinski definition) is 7. The lowest BCUT2D eigenvalue weighted by atomic mass is 9.99. The van der Waals surface area contributed by atoms with E-state index in [2.05, 4.69) is 4.90 Å². The van der Waals surface area contributed by atoms with Crippen LogP contribution in [0.15, 0.2) is 40.8 Å². The minimum atomic E-state index is -0.231. The highest BCUT2D eigenvalue weighted by atomic mass is 32.1. The number of nitrogens with zero attached hydrogens (tertiary/aromatic N) is 3. The predicted octanol–water partition coefficient (Wildman–Crippen LogP) is 2.78. The van der Waals surface area contributed by atoms with Crippen molar-refractivity contribution in [3.05, 3.63) is 46.2 Å². The number of hydrazone groups is 1. The van der Waals surface area contributed by atoms with Gasteiger partial charge in [-0.15, -0.1) is 11.3 Å². The molecule has 2 aromatic rings. The molecule has 1 aromatic carbocycles. The molecule has 1 unspecified atom stereocenters. The Kier molecular flexibility index (Phi) is 6.13. The van der Waals surface area contributed by atoms with Crippen LogP contribution in [-0.2, 0) is 9.53 Å². The van der Waals surface area contributed by atoms with Gasteiger partial charge in [-0.2, -0.15) is 5.10 Å². The number of thiophene rings is 1. The third-order valence-corrected chi connectivity index (χ3v) is 6.15. The molecule has 2 aliphatic heterocycles. The first-order valence-corrected chi connectivity index (χ1v) is 10.5. The molecule has 0 bridgehead atoms. The number of hydrogen-bond donors (Lipinski definition) is 0. The summed E-state index contributed by atoms with van der Waals surface area (Å²) in [6, 6.07) is 9.48. The van der Waals surface area contributed by atoms with Crippen molar-refractivity contribution in [1.82, 2.24) is 9.91 Å². The molecule has 2 aliphatic rings. The van der Waals surface area contributed by atoms with Gasteiger partial charge in [-0.3, -0.25) is 9.69 Å². The van der Waals surface area contributed by atoms with E-state index in [0.717, 1.165) is 40.7 Å². The molecule has 29 heavy (non-hydrogen) atoms. The molecule has 3 heterocycles. The molecule has 0 aliphatic carbocycles. The Morgan fingerprint density at radius 3 is 2.76 bits per heavy atom. The lowest BCUT2D eigenvalue weighted by molar-refractivity contribution is -0.135. The van der Waals surface area contributed by atoms with Gasteiger partial charge in [0.15, 0.2) is 0 Å². The fraction of sp³-hybridized carbons (Fsp3) is 0.429. The molecule has 154 valence electrons. The monoisotopic (exact) mass is 415 g/mol. The number of amides is 1. The SMILES string of the molecule is COc1ccc(OC)c(C2CC(c3cccs3)=NN2C(=O)CN2CCOCC2)c1. The van der Waals surface area contributed by atoms with Gasteiger partial charge in [0.25, 0.3) is 5.91 Å².